The first-order valence-corrected chi connectivity index (χ1v) is 11.7. The van der Waals surface area contributed by atoms with Crippen molar-refractivity contribution in [3.8, 4) is 11.3 Å². The SMILES string of the molecule is CC1(C)C2CC=C(C=Nn3c(-c4ccc(F)cc4)csc3=Nc3ccccc3[N+](=O)[O-])C1C2. The minimum atomic E-state index is -0.442. The van der Waals surface area contributed by atoms with E-state index in [1.807, 2.05) is 11.6 Å². The van der Waals surface area contributed by atoms with Crippen molar-refractivity contribution >= 4 is 28.9 Å². The summed E-state index contributed by atoms with van der Waals surface area (Å²) in [6, 6.07) is 12.6. The quantitative estimate of drug-likeness (QED) is 0.253. The van der Waals surface area contributed by atoms with Gasteiger partial charge in [-0.1, -0.05) is 32.1 Å². The fourth-order valence-corrected chi connectivity index (χ4v) is 5.64. The number of fused-ring (bicyclic) bond motifs is 1. The number of aromatic nitrogens is 1. The summed E-state index contributed by atoms with van der Waals surface area (Å²) in [5, 5.41) is 18.1. The molecule has 1 saturated carbocycles. The number of thiazole rings is 1. The Balaban J connectivity index is 1.62. The maximum Gasteiger partial charge on any atom is 0.294 e. The molecule has 1 fully saturated rings. The molecule has 0 radical (unpaired) electrons. The molecule has 1 heterocycles. The Morgan fingerprint density at radius 3 is 2.67 bits per heavy atom. The maximum atomic E-state index is 13.5. The van der Waals surface area contributed by atoms with Gasteiger partial charge in [-0.15, -0.1) is 11.3 Å². The normalized spacial score (nSPS) is 21.7. The van der Waals surface area contributed by atoms with Gasteiger partial charge in [0.15, 0.2) is 0 Å². The monoisotopic (exact) mass is 462 g/mol. The Hall–Kier alpha value is -3.39. The molecule has 6 rings (SSSR count). The van der Waals surface area contributed by atoms with Gasteiger partial charge in [0.1, 0.15) is 11.5 Å². The lowest BCUT2D eigenvalue weighted by Gasteiger charge is -2.55. The molecule has 0 spiro atoms. The lowest BCUT2D eigenvalue weighted by atomic mass is 9.49. The zero-order chi connectivity index (χ0) is 23.2. The minimum absolute atomic E-state index is 0.0676. The number of nitro benzene ring substituents is 1. The van der Waals surface area contributed by atoms with Gasteiger partial charge in [0, 0.05) is 17.0 Å². The predicted octanol–water partition coefficient (Wildman–Crippen LogP) is 6.32. The molecular weight excluding hydrogens is 439 g/mol. The van der Waals surface area contributed by atoms with Crippen molar-refractivity contribution in [2.45, 2.75) is 26.7 Å². The maximum absolute atomic E-state index is 13.5. The Labute approximate surface area is 194 Å². The van der Waals surface area contributed by atoms with E-state index in [0.717, 1.165) is 23.6 Å². The second-order valence-electron chi connectivity index (χ2n) is 9.07. The van der Waals surface area contributed by atoms with E-state index in [-0.39, 0.29) is 22.6 Å². The van der Waals surface area contributed by atoms with Gasteiger partial charge in [-0.05, 0) is 66.0 Å². The van der Waals surface area contributed by atoms with Crippen molar-refractivity contribution in [1.29, 1.82) is 0 Å². The van der Waals surface area contributed by atoms with Crippen LogP contribution in [0.15, 0.2) is 75.7 Å². The summed E-state index contributed by atoms with van der Waals surface area (Å²) in [7, 11) is 0. The molecule has 168 valence electrons. The highest BCUT2D eigenvalue weighted by Crippen LogP contribution is 2.58. The van der Waals surface area contributed by atoms with Crippen LogP contribution in [0.2, 0.25) is 0 Å². The second kappa shape index (κ2) is 8.19. The summed E-state index contributed by atoms with van der Waals surface area (Å²) in [6.45, 7) is 4.62. The number of nitro groups is 1. The number of rotatable bonds is 5. The number of benzene rings is 2. The van der Waals surface area contributed by atoms with Gasteiger partial charge in [-0.3, -0.25) is 10.1 Å². The average Bonchev–Trinajstić information content (AvgIpc) is 3.20. The number of para-hydroxylation sites is 2. The first-order valence-electron chi connectivity index (χ1n) is 10.8. The van der Waals surface area contributed by atoms with Crippen LogP contribution in [-0.2, 0) is 0 Å². The molecule has 0 amide bonds. The molecular formula is C25H23FN4O2S. The summed E-state index contributed by atoms with van der Waals surface area (Å²) in [6.07, 6.45) is 6.38. The highest BCUT2D eigenvalue weighted by atomic mass is 32.1. The molecule has 33 heavy (non-hydrogen) atoms. The molecule has 3 aromatic rings. The van der Waals surface area contributed by atoms with Crippen LogP contribution in [-0.4, -0.2) is 15.8 Å². The molecule has 3 aliphatic rings. The van der Waals surface area contributed by atoms with E-state index in [1.54, 1.807) is 35.0 Å². The largest absolute Gasteiger partial charge is 0.294 e. The van der Waals surface area contributed by atoms with E-state index in [0.29, 0.717) is 10.7 Å². The van der Waals surface area contributed by atoms with Gasteiger partial charge in [0.05, 0.1) is 16.8 Å². The van der Waals surface area contributed by atoms with Crippen LogP contribution < -0.4 is 4.80 Å². The van der Waals surface area contributed by atoms with Crippen LogP contribution in [0, 0.1) is 33.2 Å². The molecule has 8 heteroatoms. The average molecular weight is 463 g/mol. The van der Waals surface area contributed by atoms with E-state index in [1.165, 1.54) is 41.5 Å². The number of hydrogen-bond acceptors (Lipinski definition) is 5. The van der Waals surface area contributed by atoms with Crippen LogP contribution in [0.5, 0.6) is 0 Å². The van der Waals surface area contributed by atoms with Gasteiger partial charge in [0.2, 0.25) is 4.80 Å². The third-order valence-corrected chi connectivity index (χ3v) is 7.77. The summed E-state index contributed by atoms with van der Waals surface area (Å²) < 4.78 is 15.2. The van der Waals surface area contributed by atoms with Crippen LogP contribution in [0.3, 0.4) is 0 Å². The van der Waals surface area contributed by atoms with Crippen molar-refractivity contribution in [3.63, 3.8) is 0 Å². The zero-order valence-corrected chi connectivity index (χ0v) is 19.1. The van der Waals surface area contributed by atoms with Crippen LogP contribution in [0.25, 0.3) is 11.3 Å². The minimum Gasteiger partial charge on any atom is -0.258 e. The van der Waals surface area contributed by atoms with E-state index in [2.05, 4.69) is 24.9 Å². The molecule has 6 nitrogen and oxygen atoms in total. The number of hydrogen-bond donors (Lipinski definition) is 0. The Morgan fingerprint density at radius 2 is 1.97 bits per heavy atom. The van der Waals surface area contributed by atoms with Crippen LogP contribution in [0.4, 0.5) is 15.8 Å². The fourth-order valence-electron chi connectivity index (χ4n) is 4.79. The second-order valence-corrected chi connectivity index (χ2v) is 9.91. The van der Waals surface area contributed by atoms with Crippen molar-refractivity contribution in [2.75, 3.05) is 0 Å². The Morgan fingerprint density at radius 1 is 1.21 bits per heavy atom. The highest BCUT2D eigenvalue weighted by Gasteiger charge is 2.50. The summed E-state index contributed by atoms with van der Waals surface area (Å²) >= 11 is 1.33. The number of allylic oxidation sites excluding steroid dienone is 2. The molecule has 2 atom stereocenters. The van der Waals surface area contributed by atoms with Crippen molar-refractivity contribution in [3.05, 3.63) is 86.3 Å². The lowest BCUT2D eigenvalue weighted by molar-refractivity contribution is -0.384. The van der Waals surface area contributed by atoms with E-state index < -0.39 is 4.92 Å². The number of nitrogens with zero attached hydrogens (tertiary/aromatic N) is 4. The molecule has 0 N–H and O–H groups in total. The van der Waals surface area contributed by atoms with Crippen LogP contribution in [0.1, 0.15) is 26.7 Å². The van der Waals surface area contributed by atoms with Gasteiger partial charge < -0.3 is 0 Å². The third kappa shape index (κ3) is 3.84. The first-order chi connectivity index (χ1) is 15.8. The standard InChI is InChI=1S/C25H23FN4O2S/c1-25(2)18-10-7-17(20(25)13-18)14-27-29-23(16-8-11-19(26)12-9-16)15-33-24(29)28-21-5-3-4-6-22(21)30(31)32/h3-9,11-12,14-15,18,20H,10,13H2,1-2H3. The third-order valence-electron chi connectivity index (χ3n) is 6.95. The Bertz CT molecular complexity index is 1350. The zero-order valence-electron chi connectivity index (χ0n) is 18.3. The van der Waals surface area contributed by atoms with E-state index in [9.17, 15) is 14.5 Å². The van der Waals surface area contributed by atoms with Crippen molar-refractivity contribution in [1.82, 2.24) is 4.68 Å². The molecule has 2 aromatic carbocycles. The highest BCUT2D eigenvalue weighted by molar-refractivity contribution is 7.07. The van der Waals surface area contributed by atoms with Crippen molar-refractivity contribution in [2.24, 2.45) is 27.3 Å². The molecule has 1 aromatic heterocycles. The smallest absolute Gasteiger partial charge is 0.258 e. The molecule has 0 aliphatic heterocycles. The number of halogens is 1. The molecule has 3 aliphatic carbocycles. The summed E-state index contributed by atoms with van der Waals surface area (Å²) in [5.41, 5.74) is 3.21. The van der Waals surface area contributed by atoms with Crippen molar-refractivity contribution < 1.29 is 9.31 Å². The summed E-state index contributed by atoms with van der Waals surface area (Å²) in [5.74, 6) is 0.888. The van der Waals surface area contributed by atoms with E-state index in [4.69, 9.17) is 5.10 Å². The Kier molecular flexibility index (Phi) is 5.32. The fraction of sp³-hybridized carbons (Fsp3) is 0.280. The molecule has 2 unspecified atom stereocenters. The molecule has 0 saturated heterocycles. The van der Waals surface area contributed by atoms with E-state index >= 15 is 0 Å². The lowest BCUT2D eigenvalue weighted by Crippen LogP contribution is -2.48. The van der Waals surface area contributed by atoms with Crippen LogP contribution >= 0.6 is 11.3 Å². The molecule has 2 bridgehead atoms. The topological polar surface area (TPSA) is 72.8 Å². The predicted molar refractivity (Wildman–Crippen MR) is 128 cm³/mol. The van der Waals surface area contributed by atoms with Gasteiger partial charge in [-0.2, -0.15) is 5.10 Å². The van der Waals surface area contributed by atoms with Gasteiger partial charge in [0.25, 0.3) is 5.69 Å². The first kappa shape index (κ1) is 21.5. The van der Waals surface area contributed by atoms with Gasteiger partial charge in [-0.25, -0.2) is 14.1 Å². The van der Waals surface area contributed by atoms with Gasteiger partial charge >= 0.3 is 0 Å². The summed E-state index contributed by atoms with van der Waals surface area (Å²) in [4.78, 5) is 16.1.